The summed E-state index contributed by atoms with van der Waals surface area (Å²) in [5.74, 6) is -1.51. The summed E-state index contributed by atoms with van der Waals surface area (Å²) in [4.78, 5) is 1.73. The molecule has 0 aliphatic rings. The molecule has 0 spiro atoms. The Labute approximate surface area is 95.3 Å². The molecule has 0 unspecified atom stereocenters. The Hall–Kier alpha value is -1.16. The third-order valence-electron chi connectivity index (χ3n) is 2.59. The van der Waals surface area contributed by atoms with Crippen LogP contribution >= 0.6 is 0 Å². The number of hydrogen-bond acceptors (Lipinski definition) is 2. The van der Waals surface area contributed by atoms with Gasteiger partial charge in [0.05, 0.1) is 5.69 Å². The summed E-state index contributed by atoms with van der Waals surface area (Å²) < 4.78 is 26.9. The summed E-state index contributed by atoms with van der Waals surface area (Å²) in [6.45, 7) is 3.11. The molecule has 1 rings (SSSR count). The summed E-state index contributed by atoms with van der Waals surface area (Å²) in [5.41, 5.74) is 0.657. The average molecular weight is 228 g/mol. The first kappa shape index (κ1) is 12.9. The zero-order chi connectivity index (χ0) is 12.1. The number of hydrogen-bond donors (Lipinski definition) is 1. The van der Waals surface area contributed by atoms with E-state index < -0.39 is 11.6 Å². The van der Waals surface area contributed by atoms with Gasteiger partial charge in [-0.2, -0.15) is 0 Å². The second kappa shape index (κ2) is 5.80. The predicted molar refractivity (Wildman–Crippen MR) is 62.9 cm³/mol. The van der Waals surface area contributed by atoms with Gasteiger partial charge in [-0.3, -0.25) is 0 Å². The lowest BCUT2D eigenvalue weighted by Gasteiger charge is -2.20. The fourth-order valence-electron chi connectivity index (χ4n) is 1.54. The molecular weight excluding hydrogens is 210 g/mol. The summed E-state index contributed by atoms with van der Waals surface area (Å²) in [5, 5.41) is 3.02. The van der Waals surface area contributed by atoms with Crippen molar-refractivity contribution in [2.24, 2.45) is 0 Å². The number of nitrogens with zero attached hydrogens (tertiary/aromatic N) is 1. The summed E-state index contributed by atoms with van der Waals surface area (Å²) >= 11 is 0. The Balaban J connectivity index is 2.76. The molecule has 0 saturated carbocycles. The van der Waals surface area contributed by atoms with Crippen LogP contribution in [0.4, 0.5) is 14.5 Å². The van der Waals surface area contributed by atoms with Gasteiger partial charge in [0, 0.05) is 13.6 Å². The van der Waals surface area contributed by atoms with E-state index in [-0.39, 0.29) is 0 Å². The molecule has 2 nitrogen and oxygen atoms in total. The maximum Gasteiger partial charge on any atom is 0.182 e. The highest BCUT2D eigenvalue weighted by atomic mass is 19.2. The Morgan fingerprint density at radius 2 is 1.94 bits per heavy atom. The van der Waals surface area contributed by atoms with E-state index in [9.17, 15) is 8.78 Å². The van der Waals surface area contributed by atoms with Gasteiger partial charge in [0.1, 0.15) is 0 Å². The number of halogens is 2. The highest BCUT2D eigenvalue weighted by Gasteiger charge is 2.13. The molecule has 4 heteroatoms. The van der Waals surface area contributed by atoms with E-state index in [1.165, 1.54) is 0 Å². The molecule has 1 aromatic carbocycles. The number of nitrogens with one attached hydrogen (secondary N) is 1. The summed E-state index contributed by atoms with van der Waals surface area (Å²) in [6.07, 6.45) is 0.891. The Kier molecular flexibility index (Phi) is 4.68. The summed E-state index contributed by atoms with van der Waals surface area (Å²) in [7, 11) is 3.63. The first-order valence-corrected chi connectivity index (χ1v) is 5.38. The normalized spacial score (nSPS) is 10.6. The standard InChI is InChI=1S/C12H18F2N2/c1-9-5-6-10(12(14)11(9)13)16(3)8-4-7-15-2/h5-6,15H,4,7-8H2,1-3H3. The van der Waals surface area contributed by atoms with E-state index >= 15 is 0 Å². The molecule has 1 aromatic rings. The molecule has 16 heavy (non-hydrogen) atoms. The lowest BCUT2D eigenvalue weighted by molar-refractivity contribution is 0.501. The highest BCUT2D eigenvalue weighted by Crippen LogP contribution is 2.22. The van der Waals surface area contributed by atoms with Crippen molar-refractivity contribution in [3.05, 3.63) is 29.3 Å². The quantitative estimate of drug-likeness (QED) is 0.778. The molecule has 0 amide bonds. The van der Waals surface area contributed by atoms with Crippen LogP contribution in [-0.2, 0) is 0 Å². The van der Waals surface area contributed by atoms with E-state index in [1.54, 1.807) is 31.0 Å². The minimum absolute atomic E-state index is 0.319. The van der Waals surface area contributed by atoms with Crippen molar-refractivity contribution in [2.75, 3.05) is 32.1 Å². The molecular formula is C12H18F2N2. The van der Waals surface area contributed by atoms with Crippen molar-refractivity contribution in [3.8, 4) is 0 Å². The first-order chi connectivity index (χ1) is 7.57. The van der Waals surface area contributed by atoms with E-state index in [2.05, 4.69) is 5.32 Å². The van der Waals surface area contributed by atoms with Gasteiger partial charge in [0.15, 0.2) is 11.6 Å². The van der Waals surface area contributed by atoms with Gasteiger partial charge in [0.25, 0.3) is 0 Å². The molecule has 0 fully saturated rings. The van der Waals surface area contributed by atoms with Crippen LogP contribution in [0.3, 0.4) is 0 Å². The van der Waals surface area contributed by atoms with Crippen molar-refractivity contribution >= 4 is 5.69 Å². The summed E-state index contributed by atoms with van der Waals surface area (Å²) in [6, 6.07) is 3.22. The zero-order valence-corrected chi connectivity index (χ0v) is 9.98. The van der Waals surface area contributed by atoms with Gasteiger partial charge >= 0.3 is 0 Å². The molecule has 0 atom stereocenters. The predicted octanol–water partition coefficient (Wildman–Crippen LogP) is 2.32. The van der Waals surface area contributed by atoms with Crippen molar-refractivity contribution in [1.82, 2.24) is 5.32 Å². The van der Waals surface area contributed by atoms with Crippen LogP contribution in [-0.4, -0.2) is 27.2 Å². The number of benzene rings is 1. The van der Waals surface area contributed by atoms with E-state index in [0.29, 0.717) is 17.8 Å². The molecule has 0 saturated heterocycles. The van der Waals surface area contributed by atoms with E-state index in [0.717, 1.165) is 13.0 Å². The van der Waals surface area contributed by atoms with Crippen LogP contribution in [0, 0.1) is 18.6 Å². The Morgan fingerprint density at radius 3 is 2.56 bits per heavy atom. The number of rotatable bonds is 5. The lowest BCUT2D eigenvalue weighted by Crippen LogP contribution is -2.23. The molecule has 0 heterocycles. The van der Waals surface area contributed by atoms with Crippen molar-refractivity contribution in [2.45, 2.75) is 13.3 Å². The van der Waals surface area contributed by atoms with Crippen molar-refractivity contribution < 1.29 is 8.78 Å². The Bertz CT molecular complexity index is 353. The van der Waals surface area contributed by atoms with Gasteiger partial charge in [0.2, 0.25) is 0 Å². The van der Waals surface area contributed by atoms with E-state index in [4.69, 9.17) is 0 Å². The molecule has 90 valence electrons. The van der Waals surface area contributed by atoms with Gasteiger partial charge < -0.3 is 10.2 Å². The molecule has 1 N–H and O–H groups in total. The first-order valence-electron chi connectivity index (χ1n) is 5.38. The largest absolute Gasteiger partial charge is 0.372 e. The second-order valence-electron chi connectivity index (χ2n) is 3.91. The minimum atomic E-state index is -0.757. The topological polar surface area (TPSA) is 15.3 Å². The van der Waals surface area contributed by atoms with Crippen LogP contribution in [0.15, 0.2) is 12.1 Å². The number of anilines is 1. The smallest absolute Gasteiger partial charge is 0.182 e. The molecule has 0 aromatic heterocycles. The van der Waals surface area contributed by atoms with Crippen molar-refractivity contribution in [1.29, 1.82) is 0 Å². The molecule has 0 aliphatic heterocycles. The highest BCUT2D eigenvalue weighted by molar-refractivity contribution is 5.48. The maximum atomic E-state index is 13.6. The van der Waals surface area contributed by atoms with Gasteiger partial charge in [-0.1, -0.05) is 6.07 Å². The Morgan fingerprint density at radius 1 is 1.25 bits per heavy atom. The van der Waals surface area contributed by atoms with Gasteiger partial charge in [-0.25, -0.2) is 8.78 Å². The van der Waals surface area contributed by atoms with Crippen molar-refractivity contribution in [3.63, 3.8) is 0 Å². The molecule has 0 aliphatic carbocycles. The third kappa shape index (κ3) is 2.92. The average Bonchev–Trinajstić information content (AvgIpc) is 2.26. The molecule has 0 bridgehead atoms. The van der Waals surface area contributed by atoms with Crippen LogP contribution < -0.4 is 10.2 Å². The maximum absolute atomic E-state index is 13.6. The van der Waals surface area contributed by atoms with Crippen LogP contribution in [0.2, 0.25) is 0 Å². The van der Waals surface area contributed by atoms with Gasteiger partial charge in [-0.05, 0) is 38.6 Å². The SMILES string of the molecule is CNCCCN(C)c1ccc(C)c(F)c1F. The second-order valence-corrected chi connectivity index (χ2v) is 3.91. The van der Waals surface area contributed by atoms with Crippen LogP contribution in [0.5, 0.6) is 0 Å². The lowest BCUT2D eigenvalue weighted by atomic mass is 10.2. The molecule has 0 radical (unpaired) electrons. The zero-order valence-electron chi connectivity index (χ0n) is 9.98. The van der Waals surface area contributed by atoms with Crippen LogP contribution in [0.25, 0.3) is 0 Å². The van der Waals surface area contributed by atoms with E-state index in [1.807, 2.05) is 7.05 Å². The fraction of sp³-hybridized carbons (Fsp3) is 0.500. The third-order valence-corrected chi connectivity index (χ3v) is 2.59. The van der Waals surface area contributed by atoms with Gasteiger partial charge in [-0.15, -0.1) is 0 Å². The number of aryl methyl sites for hydroxylation is 1. The monoisotopic (exact) mass is 228 g/mol. The minimum Gasteiger partial charge on any atom is -0.372 e. The fourth-order valence-corrected chi connectivity index (χ4v) is 1.54. The van der Waals surface area contributed by atoms with Crippen LogP contribution in [0.1, 0.15) is 12.0 Å².